The minimum absolute atomic E-state index is 0.00199. The van der Waals surface area contributed by atoms with E-state index in [2.05, 4.69) is 15.5 Å². The Kier molecular flexibility index (Phi) is 4.99. The third kappa shape index (κ3) is 3.87. The molecule has 0 saturated heterocycles. The van der Waals surface area contributed by atoms with Crippen LogP contribution in [-0.4, -0.2) is 39.1 Å². The second-order valence-electron chi connectivity index (χ2n) is 5.47. The van der Waals surface area contributed by atoms with Crippen molar-refractivity contribution in [2.24, 2.45) is 7.05 Å². The highest BCUT2D eigenvalue weighted by Gasteiger charge is 2.37. The Hall–Kier alpha value is -2.43. The number of nitrogens with zero attached hydrogens (tertiary/aromatic N) is 3. The van der Waals surface area contributed by atoms with Crippen LogP contribution in [-0.2, 0) is 18.0 Å². The molecule has 2 aromatic rings. The van der Waals surface area contributed by atoms with Crippen LogP contribution in [0.15, 0.2) is 23.4 Å². The quantitative estimate of drug-likeness (QED) is 0.812. The van der Waals surface area contributed by atoms with Gasteiger partial charge in [-0.15, -0.1) is 10.2 Å². The van der Waals surface area contributed by atoms with Gasteiger partial charge in [0.25, 0.3) is 0 Å². The summed E-state index contributed by atoms with van der Waals surface area (Å²) in [6, 6.07) is 4.97. The number of carbonyl (C=O) groups is 1. The number of halogens is 3. The molecule has 1 aliphatic heterocycles. The van der Waals surface area contributed by atoms with E-state index in [1.54, 1.807) is 25.1 Å². The minimum atomic E-state index is -4.60. The van der Waals surface area contributed by atoms with Gasteiger partial charge in [0.15, 0.2) is 16.7 Å². The highest BCUT2D eigenvalue weighted by atomic mass is 32.2. The third-order valence-corrected chi connectivity index (χ3v) is 4.68. The zero-order chi connectivity index (χ0) is 18.9. The van der Waals surface area contributed by atoms with E-state index in [9.17, 15) is 18.0 Å². The summed E-state index contributed by atoms with van der Waals surface area (Å²) in [4.78, 5) is 12.3. The Labute approximate surface area is 150 Å². The number of thioether (sulfide) groups is 1. The summed E-state index contributed by atoms with van der Waals surface area (Å²) >= 11 is 0.885. The number of benzene rings is 1. The largest absolute Gasteiger partial charge is 0.486 e. The molecule has 11 heteroatoms. The molecule has 1 aromatic carbocycles. The number of ether oxygens (including phenoxy) is 2. The zero-order valence-electron chi connectivity index (χ0n) is 13.8. The first-order valence-electron chi connectivity index (χ1n) is 7.59. The van der Waals surface area contributed by atoms with Crippen LogP contribution in [0, 0.1) is 0 Å². The van der Waals surface area contributed by atoms with Crippen molar-refractivity contribution >= 4 is 23.4 Å². The third-order valence-electron chi connectivity index (χ3n) is 3.55. The van der Waals surface area contributed by atoms with Crippen molar-refractivity contribution in [3.63, 3.8) is 0 Å². The molecule has 0 bridgehead atoms. The number of aromatic nitrogens is 3. The van der Waals surface area contributed by atoms with Crippen molar-refractivity contribution in [3.05, 3.63) is 24.0 Å². The molecule has 2 heterocycles. The van der Waals surface area contributed by atoms with Gasteiger partial charge in [0, 0.05) is 18.8 Å². The summed E-state index contributed by atoms with van der Waals surface area (Å²) in [6.07, 6.45) is -4.60. The lowest BCUT2D eigenvalue weighted by Crippen LogP contribution is -2.23. The van der Waals surface area contributed by atoms with E-state index < -0.39 is 17.3 Å². The molecular weight excluding hydrogens is 373 g/mol. The molecule has 7 nitrogen and oxygen atoms in total. The standard InChI is InChI=1S/C15H15F3N4O3S/c1-8(26-14-21-20-13(22(14)2)15(16,17)18)12(23)19-9-3-4-10-11(7-9)25-6-5-24-10/h3-4,7-8H,5-6H2,1-2H3,(H,19,23)/t8-/m1/s1. The molecule has 0 fully saturated rings. The monoisotopic (exact) mass is 388 g/mol. The second-order valence-corrected chi connectivity index (χ2v) is 6.78. The zero-order valence-corrected chi connectivity index (χ0v) is 14.6. The predicted octanol–water partition coefficient (Wildman–Crippen LogP) is 2.72. The molecule has 1 N–H and O–H groups in total. The highest BCUT2D eigenvalue weighted by molar-refractivity contribution is 8.00. The molecule has 0 spiro atoms. The molecule has 1 amide bonds. The van der Waals surface area contributed by atoms with Gasteiger partial charge >= 0.3 is 6.18 Å². The maximum absolute atomic E-state index is 12.7. The molecule has 0 radical (unpaired) electrons. The van der Waals surface area contributed by atoms with Crippen LogP contribution >= 0.6 is 11.8 Å². The second kappa shape index (κ2) is 7.06. The van der Waals surface area contributed by atoms with E-state index in [0.29, 0.717) is 30.4 Å². The summed E-state index contributed by atoms with van der Waals surface area (Å²) in [5.41, 5.74) is 0.501. The van der Waals surface area contributed by atoms with Gasteiger partial charge in [0.1, 0.15) is 13.2 Å². The summed E-state index contributed by atoms with van der Waals surface area (Å²) in [5.74, 6) is -0.379. The molecule has 0 saturated carbocycles. The fourth-order valence-corrected chi connectivity index (χ4v) is 3.06. The lowest BCUT2D eigenvalue weighted by Gasteiger charge is -2.19. The number of nitrogens with one attached hydrogen (secondary N) is 1. The van der Waals surface area contributed by atoms with Crippen LogP contribution in [0.2, 0.25) is 0 Å². The smallest absolute Gasteiger partial charge is 0.451 e. The normalized spacial score (nSPS) is 14.8. The van der Waals surface area contributed by atoms with Crippen molar-refractivity contribution in [1.82, 2.24) is 14.8 Å². The van der Waals surface area contributed by atoms with E-state index in [-0.39, 0.29) is 11.1 Å². The minimum Gasteiger partial charge on any atom is -0.486 e. The molecular formula is C15H15F3N4O3S. The number of fused-ring (bicyclic) bond motifs is 1. The molecule has 3 rings (SSSR count). The average Bonchev–Trinajstić information content (AvgIpc) is 2.95. The molecule has 1 atom stereocenters. The van der Waals surface area contributed by atoms with Gasteiger partial charge in [0.05, 0.1) is 5.25 Å². The predicted molar refractivity (Wildman–Crippen MR) is 87.4 cm³/mol. The van der Waals surface area contributed by atoms with Crippen LogP contribution in [0.1, 0.15) is 12.7 Å². The van der Waals surface area contributed by atoms with Crippen molar-refractivity contribution in [1.29, 1.82) is 0 Å². The first kappa shape index (κ1) is 18.4. The summed E-state index contributed by atoms with van der Waals surface area (Å²) < 4.78 is 49.9. The van der Waals surface area contributed by atoms with Gasteiger partial charge in [0.2, 0.25) is 11.7 Å². The number of hydrogen-bond donors (Lipinski definition) is 1. The van der Waals surface area contributed by atoms with Crippen molar-refractivity contribution in [3.8, 4) is 11.5 Å². The van der Waals surface area contributed by atoms with Crippen LogP contribution in [0.25, 0.3) is 0 Å². The Morgan fingerprint density at radius 2 is 1.96 bits per heavy atom. The Morgan fingerprint density at radius 1 is 1.27 bits per heavy atom. The van der Waals surface area contributed by atoms with E-state index in [0.717, 1.165) is 16.3 Å². The Bertz CT molecular complexity index is 825. The van der Waals surface area contributed by atoms with Gasteiger partial charge in [-0.05, 0) is 19.1 Å². The van der Waals surface area contributed by atoms with Crippen LogP contribution in [0.4, 0.5) is 18.9 Å². The van der Waals surface area contributed by atoms with Crippen LogP contribution in [0.5, 0.6) is 11.5 Å². The van der Waals surface area contributed by atoms with Crippen LogP contribution in [0.3, 0.4) is 0 Å². The van der Waals surface area contributed by atoms with E-state index in [4.69, 9.17) is 9.47 Å². The first-order valence-corrected chi connectivity index (χ1v) is 8.47. The molecule has 0 aliphatic carbocycles. The summed E-state index contributed by atoms with van der Waals surface area (Å²) in [7, 11) is 1.20. The van der Waals surface area contributed by atoms with E-state index >= 15 is 0 Å². The SMILES string of the molecule is C[C@@H](Sc1nnc(C(F)(F)F)n1C)C(=O)Nc1ccc2c(c1)OCCO2. The number of amides is 1. The average molecular weight is 388 g/mol. The van der Waals surface area contributed by atoms with E-state index in [1.807, 2.05) is 0 Å². The van der Waals surface area contributed by atoms with Gasteiger partial charge in [-0.2, -0.15) is 13.2 Å². The number of anilines is 1. The van der Waals surface area contributed by atoms with Crippen molar-refractivity contribution in [2.75, 3.05) is 18.5 Å². The molecule has 26 heavy (non-hydrogen) atoms. The number of carbonyl (C=O) groups excluding carboxylic acids is 1. The van der Waals surface area contributed by atoms with Gasteiger partial charge < -0.3 is 19.4 Å². The van der Waals surface area contributed by atoms with Crippen molar-refractivity contribution in [2.45, 2.75) is 23.5 Å². The summed E-state index contributed by atoms with van der Waals surface area (Å²) in [5, 5.41) is 8.65. The van der Waals surface area contributed by atoms with Crippen LogP contribution < -0.4 is 14.8 Å². The van der Waals surface area contributed by atoms with Gasteiger partial charge in [-0.25, -0.2) is 0 Å². The van der Waals surface area contributed by atoms with Gasteiger partial charge in [-0.1, -0.05) is 11.8 Å². The first-order chi connectivity index (χ1) is 12.3. The maximum Gasteiger partial charge on any atom is 0.451 e. The lowest BCUT2D eigenvalue weighted by molar-refractivity contribution is -0.147. The molecule has 1 aliphatic rings. The molecule has 140 valence electrons. The number of alkyl halides is 3. The summed E-state index contributed by atoms with van der Waals surface area (Å²) in [6.45, 7) is 2.45. The number of hydrogen-bond acceptors (Lipinski definition) is 6. The maximum atomic E-state index is 12.7. The Morgan fingerprint density at radius 3 is 2.62 bits per heavy atom. The van der Waals surface area contributed by atoms with E-state index in [1.165, 1.54) is 7.05 Å². The highest BCUT2D eigenvalue weighted by Crippen LogP contribution is 2.33. The molecule has 0 unspecified atom stereocenters. The fraction of sp³-hybridized carbons (Fsp3) is 0.400. The fourth-order valence-electron chi connectivity index (χ4n) is 2.24. The Balaban J connectivity index is 1.66. The lowest BCUT2D eigenvalue weighted by atomic mass is 10.2. The number of rotatable bonds is 4. The van der Waals surface area contributed by atoms with Gasteiger partial charge in [-0.3, -0.25) is 4.79 Å². The van der Waals surface area contributed by atoms with Crippen molar-refractivity contribution < 1.29 is 27.4 Å². The molecule has 1 aromatic heterocycles. The topological polar surface area (TPSA) is 78.3 Å².